The fraction of sp³-hybridized carbons (Fsp3) is 0.364. The van der Waals surface area contributed by atoms with Gasteiger partial charge in [0, 0.05) is 0 Å². The van der Waals surface area contributed by atoms with Crippen LogP contribution >= 0.6 is 0 Å². The van der Waals surface area contributed by atoms with Gasteiger partial charge >= 0.3 is 94.6 Å². The van der Waals surface area contributed by atoms with Crippen molar-refractivity contribution in [3.63, 3.8) is 0 Å². The fourth-order valence-electron chi connectivity index (χ4n) is 1.25. The Morgan fingerprint density at radius 2 is 2.07 bits per heavy atom. The second kappa shape index (κ2) is 4.35. The average molecular weight is 276 g/mol. The molecule has 0 saturated carbocycles. The molecule has 0 aliphatic heterocycles. The first kappa shape index (κ1) is 11.6. The van der Waals surface area contributed by atoms with Crippen molar-refractivity contribution < 1.29 is 28.5 Å². The van der Waals surface area contributed by atoms with Gasteiger partial charge in [0.2, 0.25) is 0 Å². The van der Waals surface area contributed by atoms with Crippen LogP contribution in [0.4, 0.5) is 4.39 Å². The summed E-state index contributed by atoms with van der Waals surface area (Å²) in [6.07, 6.45) is 0. The van der Waals surface area contributed by atoms with Gasteiger partial charge in [-0.1, -0.05) is 0 Å². The van der Waals surface area contributed by atoms with Gasteiger partial charge in [-0.25, -0.2) is 0 Å². The van der Waals surface area contributed by atoms with Gasteiger partial charge in [-0.3, -0.25) is 0 Å². The number of ether oxygens (including phenoxy) is 1. The molecule has 0 amide bonds. The van der Waals surface area contributed by atoms with E-state index in [-0.39, 0.29) is 11.2 Å². The first-order chi connectivity index (χ1) is 6.51. The molecule has 0 heterocycles. The molecular weight excluding hydrogens is 263 g/mol. The Bertz CT molecular complexity index is 347. The van der Waals surface area contributed by atoms with Crippen molar-refractivity contribution in [2.24, 2.45) is 0 Å². The Morgan fingerprint density at radius 3 is 2.57 bits per heavy atom. The van der Waals surface area contributed by atoms with E-state index < -0.39 is 0 Å². The molecular formula is C11H13FMoO. The van der Waals surface area contributed by atoms with Crippen LogP contribution in [0.3, 0.4) is 0 Å². The molecule has 0 atom stereocenters. The molecule has 3 heteroatoms. The Labute approximate surface area is 94.7 Å². The van der Waals surface area contributed by atoms with Gasteiger partial charge in [-0.2, -0.15) is 0 Å². The van der Waals surface area contributed by atoms with Gasteiger partial charge in [-0.15, -0.1) is 0 Å². The van der Waals surface area contributed by atoms with Crippen molar-refractivity contribution in [3.05, 3.63) is 29.6 Å². The third kappa shape index (κ3) is 2.30. The molecule has 1 aromatic carbocycles. The van der Waals surface area contributed by atoms with Crippen LogP contribution < -0.4 is 4.74 Å². The summed E-state index contributed by atoms with van der Waals surface area (Å²) in [6.45, 7) is 4.07. The van der Waals surface area contributed by atoms with E-state index in [0.29, 0.717) is 0 Å². The quantitative estimate of drug-likeness (QED) is 0.771. The molecule has 0 aliphatic carbocycles. The van der Waals surface area contributed by atoms with E-state index in [2.05, 4.69) is 0 Å². The molecule has 1 nitrogen and oxygen atoms in total. The van der Waals surface area contributed by atoms with Gasteiger partial charge < -0.3 is 0 Å². The van der Waals surface area contributed by atoms with Crippen LogP contribution in [0.2, 0.25) is 0 Å². The molecule has 1 rings (SSSR count). The number of halogens is 1. The average Bonchev–Trinajstić information content (AvgIpc) is 2.18. The minimum absolute atomic E-state index is 0.169. The molecule has 0 aliphatic rings. The third-order valence-corrected chi connectivity index (χ3v) is 3.60. The van der Waals surface area contributed by atoms with E-state index in [0.717, 1.165) is 11.3 Å². The molecule has 0 fully saturated rings. The minimum atomic E-state index is -0.225. The van der Waals surface area contributed by atoms with Crippen molar-refractivity contribution in [1.29, 1.82) is 0 Å². The summed E-state index contributed by atoms with van der Waals surface area (Å²) in [4.78, 5) is 0. The topological polar surface area (TPSA) is 9.23 Å². The van der Waals surface area contributed by atoms with Crippen LogP contribution in [0.5, 0.6) is 5.75 Å². The maximum atomic E-state index is 13.1. The number of hydrogen-bond acceptors (Lipinski definition) is 1. The summed E-state index contributed by atoms with van der Waals surface area (Å²) >= 11 is 1.89. The molecule has 14 heavy (non-hydrogen) atoms. The SMILES string of the molecule is COc1ccc(F)cc1C(C)(C)[CH]=[Mo]. The Kier molecular flexibility index (Phi) is 3.60. The normalized spacial score (nSPS) is 11.1. The predicted molar refractivity (Wildman–Crippen MR) is 52.0 cm³/mol. The summed E-state index contributed by atoms with van der Waals surface area (Å²) in [5, 5.41) is 0. The van der Waals surface area contributed by atoms with Crippen molar-refractivity contribution in [2.75, 3.05) is 7.11 Å². The Balaban J connectivity index is 3.30. The molecule has 0 N–H and O–H groups in total. The molecule has 0 saturated heterocycles. The summed E-state index contributed by atoms with van der Waals surface area (Å²) in [5.74, 6) is 0.508. The van der Waals surface area contributed by atoms with Crippen LogP contribution in [0.15, 0.2) is 18.2 Å². The Morgan fingerprint density at radius 1 is 1.43 bits per heavy atom. The van der Waals surface area contributed by atoms with Crippen molar-refractivity contribution >= 4 is 4.40 Å². The second-order valence-corrected chi connectivity index (χ2v) is 4.26. The first-order valence-corrected chi connectivity index (χ1v) is 5.47. The number of methoxy groups -OCH3 is 1. The summed E-state index contributed by atoms with van der Waals surface area (Å²) in [7, 11) is 1.60. The van der Waals surface area contributed by atoms with Crippen molar-refractivity contribution in [3.8, 4) is 5.75 Å². The number of hydrogen-bond donors (Lipinski definition) is 0. The standard InChI is InChI=1S/C11H13FO.Mo/c1-11(2,3)9-7-8(12)5-6-10(9)13-4;/h1,5-7H,2-4H3;. The fourth-order valence-corrected chi connectivity index (χ4v) is 1.56. The van der Waals surface area contributed by atoms with Crippen LogP contribution in [-0.2, 0) is 24.8 Å². The zero-order valence-corrected chi connectivity index (χ0v) is 10.5. The molecule has 0 radical (unpaired) electrons. The molecule has 0 aromatic heterocycles. The van der Waals surface area contributed by atoms with Gasteiger partial charge in [0.25, 0.3) is 0 Å². The van der Waals surface area contributed by atoms with Crippen LogP contribution in [0, 0.1) is 5.82 Å². The third-order valence-electron chi connectivity index (χ3n) is 2.15. The van der Waals surface area contributed by atoms with Gasteiger partial charge in [0.15, 0.2) is 0 Å². The first-order valence-electron chi connectivity index (χ1n) is 4.31. The zero-order chi connectivity index (χ0) is 10.8. The summed E-state index contributed by atoms with van der Waals surface area (Å²) < 4.78 is 20.3. The Hall–Kier alpha value is -0.492. The van der Waals surface area contributed by atoms with E-state index in [1.54, 1.807) is 13.2 Å². The number of benzene rings is 1. The van der Waals surface area contributed by atoms with E-state index in [1.165, 1.54) is 12.1 Å². The van der Waals surface area contributed by atoms with Crippen molar-refractivity contribution in [1.82, 2.24) is 0 Å². The molecule has 0 bridgehead atoms. The predicted octanol–water partition coefficient (Wildman–Crippen LogP) is 2.46. The molecule has 1 aromatic rings. The van der Waals surface area contributed by atoms with E-state index in [4.69, 9.17) is 4.74 Å². The monoisotopic (exact) mass is 278 g/mol. The van der Waals surface area contributed by atoms with Crippen LogP contribution in [0.25, 0.3) is 0 Å². The van der Waals surface area contributed by atoms with Crippen LogP contribution in [-0.4, -0.2) is 11.5 Å². The molecule has 76 valence electrons. The van der Waals surface area contributed by atoms with E-state index in [1.807, 2.05) is 37.6 Å². The molecule has 0 spiro atoms. The maximum absolute atomic E-state index is 13.1. The summed E-state index contributed by atoms with van der Waals surface area (Å²) in [5.41, 5.74) is 0.711. The summed E-state index contributed by atoms with van der Waals surface area (Å²) in [6, 6.07) is 4.60. The zero-order valence-electron chi connectivity index (χ0n) is 8.50. The van der Waals surface area contributed by atoms with Crippen LogP contribution in [0.1, 0.15) is 19.4 Å². The van der Waals surface area contributed by atoms with E-state index in [9.17, 15) is 4.39 Å². The van der Waals surface area contributed by atoms with Gasteiger partial charge in [0.1, 0.15) is 0 Å². The van der Waals surface area contributed by atoms with E-state index >= 15 is 0 Å². The van der Waals surface area contributed by atoms with Gasteiger partial charge in [0.05, 0.1) is 0 Å². The number of rotatable bonds is 3. The van der Waals surface area contributed by atoms with Crippen molar-refractivity contribution in [2.45, 2.75) is 19.3 Å². The van der Waals surface area contributed by atoms with Gasteiger partial charge in [-0.05, 0) is 0 Å². The molecule has 0 unspecified atom stereocenters. The second-order valence-electron chi connectivity index (χ2n) is 3.68.